The van der Waals surface area contributed by atoms with E-state index < -0.39 is 10.9 Å². The second kappa shape index (κ2) is 6.67. The van der Waals surface area contributed by atoms with Crippen LogP contribution in [0.2, 0.25) is 0 Å². The van der Waals surface area contributed by atoms with Crippen molar-refractivity contribution >= 4 is 17.5 Å². The van der Waals surface area contributed by atoms with Crippen molar-refractivity contribution in [3.8, 4) is 0 Å². The van der Waals surface area contributed by atoms with E-state index in [1.54, 1.807) is 0 Å². The number of hydrogen-bond acceptors (Lipinski definition) is 5. The smallest absolute Gasteiger partial charge is 0.354 e. The van der Waals surface area contributed by atoms with Gasteiger partial charge in [-0.25, -0.2) is 9.78 Å². The lowest BCUT2D eigenvalue weighted by molar-refractivity contribution is -0.384. The Bertz CT molecular complexity index is 472. The molecule has 0 atom stereocenters. The van der Waals surface area contributed by atoms with Crippen LogP contribution in [0, 0.1) is 16.0 Å². The topological polar surface area (TPSA) is 105 Å². The maximum Gasteiger partial charge on any atom is 0.354 e. The number of rotatable bonds is 7. The molecule has 0 radical (unpaired) electrons. The van der Waals surface area contributed by atoms with Gasteiger partial charge in [0, 0.05) is 12.6 Å². The number of anilines is 1. The minimum absolute atomic E-state index is 0.0109. The summed E-state index contributed by atoms with van der Waals surface area (Å²) in [5, 5.41) is 22.6. The fraction of sp³-hybridized carbons (Fsp3) is 0.500. The van der Waals surface area contributed by atoms with E-state index in [2.05, 4.69) is 10.3 Å². The number of hydrogen-bond donors (Lipinski definition) is 2. The molecule has 7 heteroatoms. The van der Waals surface area contributed by atoms with Crippen molar-refractivity contribution in [3.63, 3.8) is 0 Å². The monoisotopic (exact) mass is 267 g/mol. The zero-order chi connectivity index (χ0) is 14.4. The summed E-state index contributed by atoms with van der Waals surface area (Å²) in [6.07, 6.45) is 1.88. The third-order valence-electron chi connectivity index (χ3n) is 3.00. The lowest BCUT2D eigenvalue weighted by Crippen LogP contribution is -2.15. The Hall–Kier alpha value is -2.18. The lowest BCUT2D eigenvalue weighted by Gasteiger charge is -2.13. The number of carbonyl (C=O) groups is 1. The van der Waals surface area contributed by atoms with Crippen molar-refractivity contribution in [2.75, 3.05) is 11.9 Å². The van der Waals surface area contributed by atoms with Gasteiger partial charge in [0.15, 0.2) is 5.69 Å². The van der Waals surface area contributed by atoms with Gasteiger partial charge >= 0.3 is 11.7 Å². The van der Waals surface area contributed by atoms with Gasteiger partial charge in [-0.3, -0.25) is 10.1 Å². The molecule has 1 rings (SSSR count). The summed E-state index contributed by atoms with van der Waals surface area (Å²) in [7, 11) is 0. The standard InChI is InChI=1S/C12H17N3O4/c1-3-8(4-2)7-13-11-10(15(18)19)6-5-9(14-11)12(16)17/h5-6,8H,3-4,7H2,1-2H3,(H,13,14)(H,16,17). The molecule has 7 nitrogen and oxygen atoms in total. The number of aromatic nitrogens is 1. The van der Waals surface area contributed by atoms with Crippen LogP contribution in [-0.4, -0.2) is 27.5 Å². The molecule has 19 heavy (non-hydrogen) atoms. The molecule has 0 spiro atoms. The van der Waals surface area contributed by atoms with E-state index in [1.807, 2.05) is 13.8 Å². The molecule has 0 fully saturated rings. The van der Waals surface area contributed by atoms with Crippen molar-refractivity contribution in [2.24, 2.45) is 5.92 Å². The summed E-state index contributed by atoms with van der Waals surface area (Å²) in [6, 6.07) is 2.29. The highest BCUT2D eigenvalue weighted by molar-refractivity contribution is 5.86. The molecule has 0 bridgehead atoms. The third-order valence-corrected chi connectivity index (χ3v) is 3.00. The van der Waals surface area contributed by atoms with E-state index >= 15 is 0 Å². The second-order valence-corrected chi connectivity index (χ2v) is 4.19. The molecule has 104 valence electrons. The van der Waals surface area contributed by atoms with Gasteiger partial charge in [0.2, 0.25) is 5.82 Å². The highest BCUT2D eigenvalue weighted by Crippen LogP contribution is 2.23. The number of nitrogens with zero attached hydrogens (tertiary/aromatic N) is 2. The Morgan fingerprint density at radius 2 is 2.11 bits per heavy atom. The van der Waals surface area contributed by atoms with E-state index in [9.17, 15) is 14.9 Å². The van der Waals surface area contributed by atoms with Gasteiger partial charge in [-0.2, -0.15) is 0 Å². The first kappa shape index (κ1) is 14.9. The number of nitrogens with one attached hydrogen (secondary N) is 1. The van der Waals surface area contributed by atoms with Crippen LogP contribution in [0.4, 0.5) is 11.5 Å². The molecule has 0 unspecified atom stereocenters. The predicted octanol–water partition coefficient (Wildman–Crippen LogP) is 2.54. The van der Waals surface area contributed by atoms with Gasteiger partial charge < -0.3 is 10.4 Å². The molecule has 0 aliphatic rings. The number of pyridine rings is 1. The van der Waals surface area contributed by atoms with E-state index in [1.165, 1.54) is 0 Å². The van der Waals surface area contributed by atoms with Crippen molar-refractivity contribution < 1.29 is 14.8 Å². The van der Waals surface area contributed by atoms with E-state index in [0.717, 1.165) is 25.0 Å². The van der Waals surface area contributed by atoms with E-state index in [-0.39, 0.29) is 17.2 Å². The molecule has 2 N–H and O–H groups in total. The molecule has 0 aromatic carbocycles. The normalized spacial score (nSPS) is 10.5. The Morgan fingerprint density at radius 1 is 1.47 bits per heavy atom. The molecule has 0 amide bonds. The quantitative estimate of drug-likeness (QED) is 0.581. The fourth-order valence-corrected chi connectivity index (χ4v) is 1.67. The first-order valence-corrected chi connectivity index (χ1v) is 6.12. The van der Waals surface area contributed by atoms with Gasteiger partial charge in [-0.1, -0.05) is 26.7 Å². The van der Waals surface area contributed by atoms with Crippen LogP contribution in [-0.2, 0) is 0 Å². The Balaban J connectivity index is 2.97. The number of carboxylic acids is 1. The minimum Gasteiger partial charge on any atom is -0.477 e. The van der Waals surface area contributed by atoms with Gasteiger partial charge in [-0.15, -0.1) is 0 Å². The van der Waals surface area contributed by atoms with Gasteiger partial charge in [0.25, 0.3) is 0 Å². The SMILES string of the molecule is CCC(CC)CNc1nc(C(=O)O)ccc1[N+](=O)[O-]. The first-order chi connectivity index (χ1) is 8.99. The largest absolute Gasteiger partial charge is 0.477 e. The molecule has 0 saturated heterocycles. The van der Waals surface area contributed by atoms with Crippen LogP contribution in [0.1, 0.15) is 37.2 Å². The van der Waals surface area contributed by atoms with Gasteiger partial charge in [-0.05, 0) is 12.0 Å². The average Bonchev–Trinajstić information content (AvgIpc) is 2.39. The number of carboxylic acid groups (broad SMARTS) is 1. The average molecular weight is 267 g/mol. The van der Waals surface area contributed by atoms with Crippen LogP contribution in [0.25, 0.3) is 0 Å². The van der Waals surface area contributed by atoms with Crippen molar-refractivity contribution in [1.82, 2.24) is 4.98 Å². The highest BCUT2D eigenvalue weighted by Gasteiger charge is 2.18. The van der Waals surface area contributed by atoms with Crippen LogP contribution in [0.5, 0.6) is 0 Å². The molecule has 0 aliphatic heterocycles. The van der Waals surface area contributed by atoms with Crippen LogP contribution < -0.4 is 5.32 Å². The van der Waals surface area contributed by atoms with Crippen molar-refractivity contribution in [3.05, 3.63) is 27.9 Å². The van der Waals surface area contributed by atoms with Crippen LogP contribution in [0.15, 0.2) is 12.1 Å². The molecule has 0 saturated carbocycles. The van der Waals surface area contributed by atoms with Crippen LogP contribution in [0.3, 0.4) is 0 Å². The molecule has 1 aromatic rings. The van der Waals surface area contributed by atoms with Crippen molar-refractivity contribution in [1.29, 1.82) is 0 Å². The summed E-state index contributed by atoms with van der Waals surface area (Å²) in [5.74, 6) is -0.827. The first-order valence-electron chi connectivity index (χ1n) is 6.12. The van der Waals surface area contributed by atoms with Crippen LogP contribution >= 0.6 is 0 Å². The summed E-state index contributed by atoms with van der Waals surface area (Å²) in [5.41, 5.74) is -0.423. The Labute approximate surface area is 110 Å². The maximum absolute atomic E-state index is 10.9. The third kappa shape index (κ3) is 3.90. The Morgan fingerprint density at radius 3 is 2.58 bits per heavy atom. The molecular formula is C12H17N3O4. The summed E-state index contributed by atoms with van der Waals surface area (Å²) >= 11 is 0. The Kier molecular flexibility index (Phi) is 5.23. The zero-order valence-electron chi connectivity index (χ0n) is 10.9. The molecule has 1 aromatic heterocycles. The molecule has 0 aliphatic carbocycles. The van der Waals surface area contributed by atoms with E-state index in [4.69, 9.17) is 5.11 Å². The molecule has 1 heterocycles. The summed E-state index contributed by atoms with van der Waals surface area (Å²) in [4.78, 5) is 24.9. The minimum atomic E-state index is -1.21. The van der Waals surface area contributed by atoms with E-state index in [0.29, 0.717) is 12.5 Å². The zero-order valence-corrected chi connectivity index (χ0v) is 10.9. The predicted molar refractivity (Wildman–Crippen MR) is 70.4 cm³/mol. The lowest BCUT2D eigenvalue weighted by atomic mass is 10.0. The number of aromatic carboxylic acids is 1. The fourth-order valence-electron chi connectivity index (χ4n) is 1.67. The van der Waals surface area contributed by atoms with Gasteiger partial charge in [0.05, 0.1) is 4.92 Å². The van der Waals surface area contributed by atoms with Crippen molar-refractivity contribution in [2.45, 2.75) is 26.7 Å². The summed E-state index contributed by atoms with van der Waals surface area (Å²) < 4.78 is 0. The number of nitro groups is 1. The summed E-state index contributed by atoms with van der Waals surface area (Å²) in [6.45, 7) is 4.60. The maximum atomic E-state index is 10.9. The highest BCUT2D eigenvalue weighted by atomic mass is 16.6. The molecular weight excluding hydrogens is 250 g/mol. The van der Waals surface area contributed by atoms with Gasteiger partial charge in [0.1, 0.15) is 0 Å². The second-order valence-electron chi connectivity index (χ2n) is 4.19.